The van der Waals surface area contributed by atoms with Crippen LogP contribution in [-0.4, -0.2) is 87.5 Å². The zero-order chi connectivity index (χ0) is 52.2. The molecule has 1 saturated heterocycles. The number of carbonyl (C=O) groups excluding carboxylic acids is 1. The van der Waals surface area contributed by atoms with Crippen LogP contribution in [0.25, 0.3) is 0 Å². The third-order valence-corrected chi connectivity index (χ3v) is 14.4. The number of rotatable bonds is 52. The summed E-state index contributed by atoms with van der Waals surface area (Å²) in [7, 11) is 0. The number of hydrogen-bond donors (Lipinski definition) is 6. The molecule has 0 aliphatic carbocycles. The van der Waals surface area contributed by atoms with Gasteiger partial charge in [0.15, 0.2) is 6.29 Å². The second-order valence-electron chi connectivity index (χ2n) is 21.1. The van der Waals surface area contributed by atoms with Gasteiger partial charge in [0.05, 0.1) is 25.4 Å². The lowest BCUT2D eigenvalue weighted by molar-refractivity contribution is -0.302. The van der Waals surface area contributed by atoms with Crippen LogP contribution in [-0.2, 0) is 14.3 Å². The molecule has 0 radical (unpaired) electrons. The lowest BCUT2D eigenvalue weighted by Gasteiger charge is -2.40. The van der Waals surface area contributed by atoms with Crippen LogP contribution in [0.5, 0.6) is 0 Å². The molecule has 72 heavy (non-hydrogen) atoms. The molecule has 6 N–H and O–H groups in total. The summed E-state index contributed by atoms with van der Waals surface area (Å²) < 4.78 is 11.3. The van der Waals surface area contributed by atoms with Crippen molar-refractivity contribution in [3.05, 3.63) is 60.8 Å². The standard InChI is InChI=1S/C63H115NO8/c1-3-5-7-9-11-13-15-17-19-21-23-25-27-28-29-31-32-34-36-38-40-42-44-46-48-50-52-57(66)56(55-71-63-62(70)61(69)60(68)58(54-65)72-63)64-59(67)53-51-49-47-45-43-41-39-37-35-33-30-26-24-22-20-18-16-14-12-10-8-6-4-2/h6,8,12,14,18,20,24,26,33,35,56-58,60-63,65-66,68-70H,3-5,7,9-11,13,15-17,19,21-23,25,27-32,34,36-55H2,1-2H3,(H,64,67)/b8-6-,14-12-,20-18-,26-24-,35-33-. The lowest BCUT2D eigenvalue weighted by Crippen LogP contribution is -2.60. The van der Waals surface area contributed by atoms with Gasteiger partial charge in [-0.2, -0.15) is 0 Å². The SMILES string of the molecule is CC/C=C\C/C=C\C/C=C\C/C=C\C/C=C\CCCCCCCCCC(=O)NC(COC1OC(CO)C(O)C(O)C1O)C(O)CCCCCCCCCCCCCCCCCCCCCCCCCCCC. The van der Waals surface area contributed by atoms with Crippen LogP contribution in [0.1, 0.15) is 277 Å². The first kappa shape index (κ1) is 67.9. The largest absolute Gasteiger partial charge is 0.394 e. The zero-order valence-corrected chi connectivity index (χ0v) is 46.7. The maximum absolute atomic E-state index is 13.1. The first-order chi connectivity index (χ1) is 35.3. The van der Waals surface area contributed by atoms with E-state index in [2.05, 4.69) is 79.9 Å². The van der Waals surface area contributed by atoms with Gasteiger partial charge in [0.2, 0.25) is 5.91 Å². The molecule has 0 aromatic rings. The van der Waals surface area contributed by atoms with Gasteiger partial charge in [-0.05, 0) is 57.8 Å². The lowest BCUT2D eigenvalue weighted by atomic mass is 9.99. The zero-order valence-electron chi connectivity index (χ0n) is 46.7. The Bertz CT molecular complexity index is 1310. The molecule has 1 fully saturated rings. The van der Waals surface area contributed by atoms with Crippen molar-refractivity contribution < 1.29 is 39.8 Å². The van der Waals surface area contributed by atoms with Crippen LogP contribution in [0.2, 0.25) is 0 Å². The van der Waals surface area contributed by atoms with Gasteiger partial charge in [0, 0.05) is 6.42 Å². The van der Waals surface area contributed by atoms with Crippen LogP contribution in [0.4, 0.5) is 0 Å². The van der Waals surface area contributed by atoms with Crippen LogP contribution in [0, 0.1) is 0 Å². The molecule has 9 nitrogen and oxygen atoms in total. The van der Waals surface area contributed by atoms with E-state index in [4.69, 9.17) is 9.47 Å². The van der Waals surface area contributed by atoms with Gasteiger partial charge in [-0.25, -0.2) is 0 Å². The molecule has 0 aromatic heterocycles. The molecule has 9 heteroatoms. The van der Waals surface area contributed by atoms with Crippen molar-refractivity contribution in [2.75, 3.05) is 13.2 Å². The van der Waals surface area contributed by atoms with Crippen molar-refractivity contribution in [3.8, 4) is 0 Å². The second-order valence-corrected chi connectivity index (χ2v) is 21.1. The van der Waals surface area contributed by atoms with Crippen molar-refractivity contribution in [3.63, 3.8) is 0 Å². The van der Waals surface area contributed by atoms with Crippen molar-refractivity contribution in [2.45, 2.75) is 320 Å². The number of amides is 1. The Morgan fingerprint density at radius 1 is 0.486 bits per heavy atom. The number of unbranched alkanes of at least 4 members (excludes halogenated alkanes) is 32. The monoisotopic (exact) mass is 1010 g/mol. The maximum atomic E-state index is 13.1. The minimum atomic E-state index is -1.56. The predicted molar refractivity (Wildman–Crippen MR) is 304 cm³/mol. The average Bonchev–Trinajstić information content (AvgIpc) is 3.38. The summed E-state index contributed by atoms with van der Waals surface area (Å²) in [5, 5.41) is 54.8. The summed E-state index contributed by atoms with van der Waals surface area (Å²) >= 11 is 0. The van der Waals surface area contributed by atoms with Gasteiger partial charge in [0.25, 0.3) is 0 Å². The van der Waals surface area contributed by atoms with Gasteiger partial charge < -0.3 is 40.3 Å². The summed E-state index contributed by atoms with van der Waals surface area (Å²) in [5.74, 6) is -0.154. The number of allylic oxidation sites excluding steroid dienone is 10. The molecular weight excluding hydrogens is 899 g/mol. The van der Waals surface area contributed by atoms with Crippen molar-refractivity contribution >= 4 is 5.91 Å². The summed E-state index contributed by atoms with van der Waals surface area (Å²) in [6.45, 7) is 3.74. The van der Waals surface area contributed by atoms with Crippen LogP contribution >= 0.6 is 0 Å². The molecule has 1 heterocycles. The third kappa shape index (κ3) is 41.2. The van der Waals surface area contributed by atoms with E-state index in [1.807, 2.05) is 0 Å². The van der Waals surface area contributed by atoms with E-state index in [0.717, 1.165) is 83.5 Å². The Morgan fingerprint density at radius 3 is 1.28 bits per heavy atom. The Balaban J connectivity index is 2.20. The number of ether oxygens (including phenoxy) is 2. The van der Waals surface area contributed by atoms with Gasteiger partial charge in [-0.1, -0.05) is 274 Å². The first-order valence-electron chi connectivity index (χ1n) is 30.5. The Kier molecular flexibility index (Phi) is 49.4. The van der Waals surface area contributed by atoms with E-state index in [1.54, 1.807) is 0 Å². The summed E-state index contributed by atoms with van der Waals surface area (Å²) in [6.07, 6.45) is 63.9. The van der Waals surface area contributed by atoms with Gasteiger partial charge in [0.1, 0.15) is 24.4 Å². The fraction of sp³-hybridized carbons (Fsp3) is 0.825. The van der Waals surface area contributed by atoms with Crippen LogP contribution < -0.4 is 5.32 Å². The highest BCUT2D eigenvalue weighted by Gasteiger charge is 2.44. The molecule has 0 aromatic carbocycles. The van der Waals surface area contributed by atoms with Crippen molar-refractivity contribution in [1.29, 1.82) is 0 Å². The van der Waals surface area contributed by atoms with E-state index in [0.29, 0.717) is 12.8 Å². The normalized spacial score (nSPS) is 19.6. The molecule has 420 valence electrons. The summed E-state index contributed by atoms with van der Waals surface area (Å²) in [5.41, 5.74) is 0. The van der Waals surface area contributed by atoms with Crippen LogP contribution in [0.3, 0.4) is 0 Å². The number of carbonyl (C=O) groups is 1. The quantitative estimate of drug-likeness (QED) is 0.0261. The van der Waals surface area contributed by atoms with Gasteiger partial charge >= 0.3 is 0 Å². The van der Waals surface area contributed by atoms with Crippen molar-refractivity contribution in [2.24, 2.45) is 0 Å². The van der Waals surface area contributed by atoms with Gasteiger partial charge in [-0.3, -0.25) is 4.79 Å². The Labute approximate surface area is 443 Å². The summed E-state index contributed by atoms with van der Waals surface area (Å²) in [4.78, 5) is 13.1. The van der Waals surface area contributed by atoms with Crippen LogP contribution in [0.15, 0.2) is 60.8 Å². The molecule has 0 saturated carbocycles. The topological polar surface area (TPSA) is 149 Å². The van der Waals surface area contributed by atoms with E-state index in [-0.39, 0.29) is 12.5 Å². The molecular formula is C63H115NO8. The first-order valence-corrected chi connectivity index (χ1v) is 30.5. The van der Waals surface area contributed by atoms with Gasteiger partial charge in [-0.15, -0.1) is 0 Å². The molecule has 0 bridgehead atoms. The molecule has 7 unspecified atom stereocenters. The fourth-order valence-electron chi connectivity index (χ4n) is 9.60. The highest BCUT2D eigenvalue weighted by atomic mass is 16.7. The third-order valence-electron chi connectivity index (χ3n) is 14.4. The highest BCUT2D eigenvalue weighted by Crippen LogP contribution is 2.23. The molecule has 1 rings (SSSR count). The molecule has 1 aliphatic rings. The van der Waals surface area contributed by atoms with Crippen molar-refractivity contribution in [1.82, 2.24) is 5.32 Å². The average molecular weight is 1010 g/mol. The molecule has 0 spiro atoms. The van der Waals surface area contributed by atoms with E-state index >= 15 is 0 Å². The summed E-state index contributed by atoms with van der Waals surface area (Å²) in [6, 6.07) is -0.730. The van der Waals surface area contributed by atoms with E-state index in [1.165, 1.54) is 167 Å². The number of aliphatic hydroxyl groups is 5. The molecule has 7 atom stereocenters. The Hall–Kier alpha value is -2.11. The van der Waals surface area contributed by atoms with E-state index < -0.39 is 49.5 Å². The number of aliphatic hydroxyl groups excluding tert-OH is 5. The molecule has 1 aliphatic heterocycles. The van der Waals surface area contributed by atoms with E-state index in [9.17, 15) is 30.3 Å². The maximum Gasteiger partial charge on any atom is 0.220 e. The second kappa shape index (κ2) is 52.3. The molecule has 1 amide bonds. The number of hydrogen-bond acceptors (Lipinski definition) is 8. The fourth-order valence-corrected chi connectivity index (χ4v) is 9.60. The predicted octanol–water partition coefficient (Wildman–Crippen LogP) is 15.5. The minimum Gasteiger partial charge on any atom is -0.394 e. The smallest absolute Gasteiger partial charge is 0.220 e. The minimum absolute atomic E-state index is 0.144. The highest BCUT2D eigenvalue weighted by molar-refractivity contribution is 5.76. The number of nitrogens with one attached hydrogen (secondary N) is 1. The Morgan fingerprint density at radius 2 is 0.861 bits per heavy atom.